The van der Waals surface area contributed by atoms with Crippen LogP contribution in [0.5, 0.6) is 0 Å². The summed E-state index contributed by atoms with van der Waals surface area (Å²) in [5, 5.41) is 0. The molecule has 0 aliphatic rings. The molecule has 0 aromatic heterocycles. The van der Waals surface area contributed by atoms with Gasteiger partial charge in [-0.05, 0) is 34.6 Å². The van der Waals surface area contributed by atoms with Crippen molar-refractivity contribution in [3.05, 3.63) is 70.8 Å². The summed E-state index contributed by atoms with van der Waals surface area (Å²) in [4.78, 5) is 0. The average Bonchev–Trinajstić information content (AvgIpc) is 2.46. The molecule has 2 N–H and O–H groups in total. The summed E-state index contributed by atoms with van der Waals surface area (Å²) in [5.41, 5.74) is 11.5. The molecule has 0 bridgehead atoms. The van der Waals surface area contributed by atoms with E-state index in [0.717, 1.165) is 6.42 Å². The maximum Gasteiger partial charge on any atom is 0.0554 e. The quantitative estimate of drug-likeness (QED) is 0.857. The Morgan fingerprint density at radius 2 is 1.47 bits per heavy atom. The molecule has 1 atom stereocenters. The van der Waals surface area contributed by atoms with Crippen molar-refractivity contribution in [3.63, 3.8) is 0 Å². The highest BCUT2D eigenvalue weighted by molar-refractivity contribution is 5.38. The molecule has 0 heterocycles. The molecule has 0 saturated heterocycles. The topological polar surface area (TPSA) is 26.0 Å². The normalized spacial score (nSPS) is 12.7. The molecule has 0 amide bonds. The molecule has 2 aromatic rings. The van der Waals surface area contributed by atoms with Crippen molar-refractivity contribution in [1.29, 1.82) is 0 Å². The monoisotopic (exact) mass is 253 g/mol. The standard InChI is InChI=1S/C18H23N/c1-4-14-7-5-6-8-17(14)18(19)16-11-9-15(10-12-16)13(2)3/h5-13,18H,4,19H2,1-3H3. The molecule has 1 heteroatoms. The molecule has 0 fully saturated rings. The SMILES string of the molecule is CCc1ccccc1C(N)c1ccc(C(C)C)cc1. The summed E-state index contributed by atoms with van der Waals surface area (Å²) in [6.07, 6.45) is 1.02. The lowest BCUT2D eigenvalue weighted by Crippen LogP contribution is -2.14. The zero-order valence-electron chi connectivity index (χ0n) is 12.1. The van der Waals surface area contributed by atoms with Crippen LogP contribution in [0.4, 0.5) is 0 Å². The molecule has 0 aliphatic heterocycles. The van der Waals surface area contributed by atoms with Crippen molar-refractivity contribution in [2.45, 2.75) is 39.2 Å². The van der Waals surface area contributed by atoms with Crippen molar-refractivity contribution < 1.29 is 0 Å². The van der Waals surface area contributed by atoms with E-state index in [0.29, 0.717) is 5.92 Å². The van der Waals surface area contributed by atoms with Crippen LogP contribution >= 0.6 is 0 Å². The Balaban J connectivity index is 2.30. The van der Waals surface area contributed by atoms with E-state index in [1.165, 1.54) is 22.3 Å². The Hall–Kier alpha value is -1.60. The van der Waals surface area contributed by atoms with E-state index in [9.17, 15) is 0 Å². The highest BCUT2D eigenvalue weighted by atomic mass is 14.6. The predicted octanol–water partition coefficient (Wildman–Crippen LogP) is 4.42. The minimum atomic E-state index is -0.0302. The van der Waals surface area contributed by atoms with Gasteiger partial charge in [-0.1, -0.05) is 69.3 Å². The second-order valence-electron chi connectivity index (χ2n) is 5.35. The highest BCUT2D eigenvalue weighted by Gasteiger charge is 2.12. The van der Waals surface area contributed by atoms with Crippen molar-refractivity contribution in [1.82, 2.24) is 0 Å². The van der Waals surface area contributed by atoms with Crippen LogP contribution in [0.25, 0.3) is 0 Å². The molecule has 0 saturated carbocycles. The van der Waals surface area contributed by atoms with E-state index in [1.807, 2.05) is 0 Å². The smallest absolute Gasteiger partial charge is 0.0554 e. The van der Waals surface area contributed by atoms with Gasteiger partial charge in [0, 0.05) is 0 Å². The van der Waals surface area contributed by atoms with Gasteiger partial charge in [-0.15, -0.1) is 0 Å². The second-order valence-corrected chi connectivity index (χ2v) is 5.35. The minimum absolute atomic E-state index is 0.0302. The van der Waals surface area contributed by atoms with Crippen LogP contribution in [0.3, 0.4) is 0 Å². The number of nitrogens with two attached hydrogens (primary N) is 1. The van der Waals surface area contributed by atoms with Crippen LogP contribution < -0.4 is 5.73 Å². The Bertz CT molecular complexity index is 526. The van der Waals surface area contributed by atoms with Crippen LogP contribution in [0.2, 0.25) is 0 Å². The molecule has 100 valence electrons. The molecule has 1 unspecified atom stereocenters. The van der Waals surface area contributed by atoms with E-state index in [1.54, 1.807) is 0 Å². The van der Waals surface area contributed by atoms with Crippen molar-refractivity contribution in [2.24, 2.45) is 5.73 Å². The van der Waals surface area contributed by atoms with E-state index in [4.69, 9.17) is 5.73 Å². The molecule has 0 spiro atoms. The number of rotatable bonds is 4. The third-order valence-electron chi connectivity index (χ3n) is 3.73. The average molecular weight is 253 g/mol. The lowest BCUT2D eigenvalue weighted by Gasteiger charge is -2.17. The van der Waals surface area contributed by atoms with Gasteiger partial charge in [0.2, 0.25) is 0 Å². The zero-order valence-corrected chi connectivity index (χ0v) is 12.1. The largest absolute Gasteiger partial charge is 0.320 e. The van der Waals surface area contributed by atoms with Gasteiger partial charge in [0.15, 0.2) is 0 Å². The highest BCUT2D eigenvalue weighted by Crippen LogP contribution is 2.25. The van der Waals surface area contributed by atoms with E-state index in [2.05, 4.69) is 69.3 Å². The second kappa shape index (κ2) is 6.03. The van der Waals surface area contributed by atoms with Crippen LogP contribution in [0, 0.1) is 0 Å². The van der Waals surface area contributed by atoms with Crippen molar-refractivity contribution in [3.8, 4) is 0 Å². The Labute approximate surface area is 116 Å². The lowest BCUT2D eigenvalue weighted by atomic mass is 9.92. The first kappa shape index (κ1) is 13.8. The first-order chi connectivity index (χ1) is 9.13. The molecule has 19 heavy (non-hydrogen) atoms. The van der Waals surface area contributed by atoms with E-state index in [-0.39, 0.29) is 6.04 Å². The Kier molecular flexibility index (Phi) is 4.39. The number of hydrogen-bond acceptors (Lipinski definition) is 1. The minimum Gasteiger partial charge on any atom is -0.320 e. The Morgan fingerprint density at radius 3 is 2.05 bits per heavy atom. The predicted molar refractivity (Wildman–Crippen MR) is 82.4 cm³/mol. The lowest BCUT2D eigenvalue weighted by molar-refractivity contribution is 0.836. The molecule has 2 aromatic carbocycles. The number of aryl methyl sites for hydroxylation is 1. The van der Waals surface area contributed by atoms with Gasteiger partial charge in [0.05, 0.1) is 6.04 Å². The van der Waals surface area contributed by atoms with Crippen LogP contribution in [0.1, 0.15) is 55.0 Å². The summed E-state index contributed by atoms with van der Waals surface area (Å²) in [6.45, 7) is 6.59. The summed E-state index contributed by atoms with van der Waals surface area (Å²) in [5.74, 6) is 0.563. The molecule has 2 rings (SSSR count). The zero-order chi connectivity index (χ0) is 13.8. The fourth-order valence-electron chi connectivity index (χ4n) is 2.43. The van der Waals surface area contributed by atoms with Crippen molar-refractivity contribution in [2.75, 3.05) is 0 Å². The fraction of sp³-hybridized carbons (Fsp3) is 0.333. The summed E-state index contributed by atoms with van der Waals surface area (Å²) < 4.78 is 0. The Morgan fingerprint density at radius 1 is 0.895 bits per heavy atom. The van der Waals surface area contributed by atoms with Crippen molar-refractivity contribution >= 4 is 0 Å². The maximum absolute atomic E-state index is 6.42. The number of hydrogen-bond donors (Lipinski definition) is 1. The third-order valence-corrected chi connectivity index (χ3v) is 3.73. The molecule has 1 nitrogen and oxygen atoms in total. The number of benzene rings is 2. The summed E-state index contributed by atoms with van der Waals surface area (Å²) in [7, 11) is 0. The van der Waals surface area contributed by atoms with Gasteiger partial charge < -0.3 is 5.73 Å². The van der Waals surface area contributed by atoms with Gasteiger partial charge in [0.1, 0.15) is 0 Å². The third kappa shape index (κ3) is 3.05. The molecular formula is C18H23N. The first-order valence-corrected chi connectivity index (χ1v) is 7.06. The first-order valence-electron chi connectivity index (χ1n) is 7.06. The maximum atomic E-state index is 6.42. The van der Waals surface area contributed by atoms with Gasteiger partial charge >= 0.3 is 0 Å². The van der Waals surface area contributed by atoms with Crippen LogP contribution in [-0.2, 0) is 6.42 Å². The van der Waals surface area contributed by atoms with E-state index < -0.39 is 0 Å². The summed E-state index contributed by atoms with van der Waals surface area (Å²) in [6, 6.07) is 17.1. The summed E-state index contributed by atoms with van der Waals surface area (Å²) >= 11 is 0. The van der Waals surface area contributed by atoms with Gasteiger partial charge in [-0.25, -0.2) is 0 Å². The molecule has 0 radical (unpaired) electrons. The van der Waals surface area contributed by atoms with Gasteiger partial charge in [-0.3, -0.25) is 0 Å². The van der Waals surface area contributed by atoms with Crippen LogP contribution in [-0.4, -0.2) is 0 Å². The molecular weight excluding hydrogens is 230 g/mol. The van der Waals surface area contributed by atoms with Crippen LogP contribution in [0.15, 0.2) is 48.5 Å². The van der Waals surface area contributed by atoms with Gasteiger partial charge in [-0.2, -0.15) is 0 Å². The fourth-order valence-corrected chi connectivity index (χ4v) is 2.43. The van der Waals surface area contributed by atoms with Gasteiger partial charge in [0.25, 0.3) is 0 Å². The molecule has 0 aliphatic carbocycles. The van der Waals surface area contributed by atoms with E-state index >= 15 is 0 Å².